The largest absolute Gasteiger partial charge is 0.394 e. The third kappa shape index (κ3) is 4.89. The number of rotatable bonds is 9. The maximum Gasteiger partial charge on any atom is 0.255 e. The Labute approximate surface area is 193 Å². The van der Waals surface area contributed by atoms with Gasteiger partial charge in [-0.15, -0.1) is 0 Å². The highest BCUT2D eigenvalue weighted by Gasteiger charge is 2.55. The van der Waals surface area contributed by atoms with Crippen molar-refractivity contribution in [3.63, 3.8) is 0 Å². The minimum absolute atomic E-state index is 0.0944. The lowest BCUT2D eigenvalue weighted by Crippen LogP contribution is -2.35. The van der Waals surface area contributed by atoms with Crippen LogP contribution in [0.5, 0.6) is 0 Å². The van der Waals surface area contributed by atoms with Crippen molar-refractivity contribution in [3.8, 4) is 0 Å². The van der Waals surface area contributed by atoms with Crippen molar-refractivity contribution in [2.45, 2.75) is 43.5 Å². The number of benzene rings is 1. The summed E-state index contributed by atoms with van der Waals surface area (Å²) in [7, 11) is -2.48. The van der Waals surface area contributed by atoms with Crippen LogP contribution in [0.4, 0.5) is 21.6 Å². The fourth-order valence-corrected chi connectivity index (χ4v) is 5.64. The van der Waals surface area contributed by atoms with E-state index in [4.69, 9.17) is 5.11 Å². The van der Waals surface area contributed by atoms with E-state index >= 15 is 0 Å². The maximum absolute atomic E-state index is 14.4. The number of pyridine rings is 1. The average molecular weight is 565 g/mol. The van der Waals surface area contributed by atoms with Crippen LogP contribution in [0.25, 0.3) is 0 Å². The van der Waals surface area contributed by atoms with Gasteiger partial charge in [0.05, 0.1) is 28.8 Å². The van der Waals surface area contributed by atoms with E-state index in [2.05, 4.69) is 10.0 Å². The Morgan fingerprint density at radius 2 is 1.97 bits per heavy atom. The first-order chi connectivity index (χ1) is 14.5. The second kappa shape index (κ2) is 9.04. The third-order valence-electron chi connectivity index (χ3n) is 5.49. The predicted molar refractivity (Wildman–Crippen MR) is 126 cm³/mol. The fraction of sp³-hybridized carbons (Fsp3) is 0.450. The van der Waals surface area contributed by atoms with Gasteiger partial charge >= 0.3 is 0 Å². The van der Waals surface area contributed by atoms with Crippen LogP contribution >= 0.6 is 22.6 Å². The van der Waals surface area contributed by atoms with Crippen LogP contribution in [0.1, 0.15) is 31.7 Å². The molecule has 1 aromatic heterocycles. The first-order valence-corrected chi connectivity index (χ1v) is 12.4. The van der Waals surface area contributed by atoms with Gasteiger partial charge in [-0.3, -0.25) is 14.1 Å². The van der Waals surface area contributed by atoms with Crippen LogP contribution in [0.15, 0.2) is 29.1 Å². The van der Waals surface area contributed by atoms with E-state index in [-0.39, 0.29) is 29.2 Å². The molecule has 0 saturated heterocycles. The van der Waals surface area contributed by atoms with Crippen LogP contribution < -0.4 is 15.6 Å². The Kier molecular flexibility index (Phi) is 6.99. The Bertz CT molecular complexity index is 1150. The van der Waals surface area contributed by atoms with Gasteiger partial charge in [0.15, 0.2) is 0 Å². The fourth-order valence-electron chi connectivity index (χ4n) is 3.47. The molecule has 1 aromatic carbocycles. The number of hydrogen-bond acceptors (Lipinski definition) is 6. The summed E-state index contributed by atoms with van der Waals surface area (Å²) < 4.78 is 44.0. The van der Waals surface area contributed by atoms with E-state index < -0.39 is 33.3 Å². The zero-order valence-electron chi connectivity index (χ0n) is 17.2. The molecule has 8 nitrogen and oxygen atoms in total. The summed E-state index contributed by atoms with van der Waals surface area (Å²) in [5.41, 5.74) is 0.281. The lowest BCUT2D eigenvalue weighted by Gasteiger charge is -2.23. The highest BCUT2D eigenvalue weighted by Crippen LogP contribution is 2.48. The number of halogens is 2. The van der Waals surface area contributed by atoms with Crippen molar-refractivity contribution in [3.05, 3.63) is 49.6 Å². The van der Waals surface area contributed by atoms with Crippen molar-refractivity contribution in [1.29, 1.82) is 0 Å². The minimum atomic E-state index is -3.96. The zero-order chi connectivity index (χ0) is 23.0. The van der Waals surface area contributed by atoms with Crippen LogP contribution in [-0.4, -0.2) is 40.7 Å². The van der Waals surface area contributed by atoms with Crippen molar-refractivity contribution in [2.24, 2.45) is 7.05 Å². The predicted octanol–water partition coefficient (Wildman–Crippen LogP) is 2.45. The van der Waals surface area contributed by atoms with Crippen LogP contribution in [0.2, 0.25) is 0 Å². The Morgan fingerprint density at radius 3 is 2.52 bits per heavy atom. The number of hydrogen-bond donors (Lipinski definition) is 4. The summed E-state index contributed by atoms with van der Waals surface area (Å²) in [5.74, 6) is -0.443. The molecule has 1 saturated carbocycles. The number of sulfonamides is 1. The quantitative estimate of drug-likeness (QED) is 0.347. The van der Waals surface area contributed by atoms with E-state index in [9.17, 15) is 22.7 Å². The molecule has 0 radical (unpaired) electrons. The maximum atomic E-state index is 14.4. The molecular weight excluding hydrogens is 540 g/mol. The minimum Gasteiger partial charge on any atom is -0.394 e. The number of aliphatic hydroxyl groups is 2. The van der Waals surface area contributed by atoms with Crippen LogP contribution in [0, 0.1) is 9.39 Å². The molecule has 1 aliphatic carbocycles. The summed E-state index contributed by atoms with van der Waals surface area (Å²) in [6, 6.07) is 5.96. The topological polar surface area (TPSA) is 121 Å². The van der Waals surface area contributed by atoms with Gasteiger partial charge in [-0.1, -0.05) is 6.92 Å². The van der Waals surface area contributed by atoms with E-state index in [1.807, 2.05) is 22.6 Å². The summed E-state index contributed by atoms with van der Waals surface area (Å²) in [6.07, 6.45) is -0.169. The first-order valence-electron chi connectivity index (χ1n) is 9.80. The number of anilines is 3. The van der Waals surface area contributed by atoms with E-state index in [0.29, 0.717) is 28.4 Å². The Balaban J connectivity index is 2.05. The number of aromatic nitrogens is 1. The van der Waals surface area contributed by atoms with Gasteiger partial charge in [0.2, 0.25) is 10.0 Å². The second-order valence-electron chi connectivity index (χ2n) is 7.73. The molecule has 1 heterocycles. The number of nitrogens with one attached hydrogen (secondary N) is 2. The molecule has 0 spiro atoms. The average Bonchev–Trinajstić information content (AvgIpc) is 3.50. The summed E-state index contributed by atoms with van der Waals surface area (Å²) in [5, 5.41) is 21.7. The molecule has 4 N–H and O–H groups in total. The summed E-state index contributed by atoms with van der Waals surface area (Å²) >= 11 is 1.97. The molecule has 11 heteroatoms. The van der Waals surface area contributed by atoms with Gasteiger partial charge in [0.25, 0.3) is 5.56 Å². The van der Waals surface area contributed by atoms with Gasteiger partial charge in [-0.2, -0.15) is 0 Å². The first kappa shape index (κ1) is 24.0. The molecule has 0 amide bonds. The van der Waals surface area contributed by atoms with Crippen molar-refractivity contribution >= 4 is 49.8 Å². The normalized spacial score (nSPS) is 16.1. The molecule has 0 unspecified atom stereocenters. The smallest absolute Gasteiger partial charge is 0.255 e. The van der Waals surface area contributed by atoms with Gasteiger partial charge < -0.3 is 15.5 Å². The second-order valence-corrected chi connectivity index (χ2v) is 11.1. The number of aliphatic hydroxyl groups excluding tert-OH is 2. The highest BCUT2D eigenvalue weighted by molar-refractivity contribution is 14.1. The van der Waals surface area contributed by atoms with Crippen LogP contribution in [0.3, 0.4) is 0 Å². The Morgan fingerprint density at radius 1 is 1.29 bits per heavy atom. The van der Waals surface area contributed by atoms with E-state index in [0.717, 1.165) is 0 Å². The molecule has 1 atom stereocenters. The summed E-state index contributed by atoms with van der Waals surface area (Å²) in [6.45, 7) is 1.25. The molecule has 3 rings (SSSR count). The van der Waals surface area contributed by atoms with Crippen molar-refractivity contribution in [1.82, 2.24) is 4.57 Å². The summed E-state index contributed by atoms with van der Waals surface area (Å²) in [4.78, 5) is 12.7. The molecule has 170 valence electrons. The Hall–Kier alpha value is -1.70. The van der Waals surface area contributed by atoms with Gasteiger partial charge in [-0.05, 0) is 72.5 Å². The monoisotopic (exact) mass is 565 g/mol. The standard InChI is InChI=1S/C20H25FIN3O5S/c1-3-12-8-17(24-31(29,30)20(6-7-20)10-14(27)11-26)18(25(2)19(12)28)23-16-5-4-13(22)9-15(16)21/h4-5,8-9,14,23-24,26-27H,3,6-7,10-11H2,1-2H3/t14-/m1/s1. The highest BCUT2D eigenvalue weighted by atomic mass is 127. The van der Waals surface area contributed by atoms with Crippen molar-refractivity contribution < 1.29 is 23.0 Å². The molecule has 2 aromatic rings. The molecule has 0 bridgehead atoms. The van der Waals surface area contributed by atoms with Crippen LogP contribution in [-0.2, 0) is 23.5 Å². The lowest BCUT2D eigenvalue weighted by atomic mass is 10.2. The van der Waals surface area contributed by atoms with Crippen molar-refractivity contribution in [2.75, 3.05) is 16.6 Å². The van der Waals surface area contributed by atoms with Gasteiger partial charge in [0, 0.05) is 16.2 Å². The molecular formula is C20H25FIN3O5S. The molecule has 1 aliphatic rings. The number of aryl methyl sites for hydroxylation is 1. The zero-order valence-corrected chi connectivity index (χ0v) is 20.1. The molecule has 1 fully saturated rings. The number of nitrogens with zero attached hydrogens (tertiary/aromatic N) is 1. The van der Waals surface area contributed by atoms with Gasteiger partial charge in [0.1, 0.15) is 11.6 Å². The SMILES string of the molecule is CCc1cc(NS(=O)(=O)C2(C[C@@H](O)CO)CC2)c(Nc2ccc(I)cc2F)n(C)c1=O. The van der Waals surface area contributed by atoms with Gasteiger partial charge in [-0.25, -0.2) is 12.8 Å². The lowest BCUT2D eigenvalue weighted by molar-refractivity contribution is 0.0858. The molecule has 31 heavy (non-hydrogen) atoms. The van der Waals surface area contributed by atoms with E-state index in [1.54, 1.807) is 13.0 Å². The molecule has 0 aliphatic heterocycles. The van der Waals surface area contributed by atoms with E-state index in [1.165, 1.54) is 29.8 Å². The third-order valence-corrected chi connectivity index (χ3v) is 8.37.